The van der Waals surface area contributed by atoms with Crippen molar-refractivity contribution in [3.05, 3.63) is 23.2 Å². The summed E-state index contributed by atoms with van der Waals surface area (Å²) in [5, 5.41) is 4.75. The lowest BCUT2D eigenvalue weighted by molar-refractivity contribution is 0.0951. The van der Waals surface area contributed by atoms with Crippen molar-refractivity contribution in [1.82, 2.24) is 10.3 Å². The molecule has 2 aromatic rings. The number of fused-ring (bicyclic) bond motifs is 1. The number of H-pyrrole nitrogens is 1. The molecule has 2 aromatic heterocycles. The van der Waals surface area contributed by atoms with Crippen molar-refractivity contribution in [3.8, 4) is 0 Å². The maximum Gasteiger partial charge on any atom is 0.267 e. The molecule has 0 saturated carbocycles. The van der Waals surface area contributed by atoms with Gasteiger partial charge in [0.05, 0.1) is 10.2 Å². The highest BCUT2D eigenvalue weighted by atomic mass is 32.1. The van der Waals surface area contributed by atoms with Crippen molar-refractivity contribution in [2.24, 2.45) is 0 Å². The first kappa shape index (κ1) is 8.31. The molecule has 0 aliphatic heterocycles. The summed E-state index contributed by atoms with van der Waals surface area (Å²) in [6, 6.07) is 3.85. The summed E-state index contributed by atoms with van der Waals surface area (Å²) in [6.45, 7) is 2.56. The number of aromatic amines is 1. The Labute approximate surface area is 79.8 Å². The van der Waals surface area contributed by atoms with Gasteiger partial charge in [0.2, 0.25) is 0 Å². The van der Waals surface area contributed by atoms with Gasteiger partial charge in [0.25, 0.3) is 5.91 Å². The van der Waals surface area contributed by atoms with Gasteiger partial charge in [-0.05, 0) is 24.4 Å². The van der Waals surface area contributed by atoms with Crippen LogP contribution in [0, 0.1) is 0 Å². The molecule has 1 amide bonds. The summed E-state index contributed by atoms with van der Waals surface area (Å²) in [5.74, 6) is -0.0362. The standard InChI is InChI=1S/C9H10N2OS/c1-2-10-9(12)7-5-8-6(11-7)3-4-13-8/h3-5,11H,2H2,1H3,(H,10,12). The monoisotopic (exact) mass is 194 g/mol. The molecule has 0 saturated heterocycles. The van der Waals surface area contributed by atoms with Gasteiger partial charge in [0.15, 0.2) is 0 Å². The molecule has 0 aromatic carbocycles. The van der Waals surface area contributed by atoms with E-state index in [0.717, 1.165) is 10.2 Å². The van der Waals surface area contributed by atoms with E-state index < -0.39 is 0 Å². The summed E-state index contributed by atoms with van der Waals surface area (Å²) in [6.07, 6.45) is 0. The number of rotatable bonds is 2. The number of amides is 1. The second-order valence-corrected chi connectivity index (χ2v) is 3.69. The van der Waals surface area contributed by atoms with E-state index in [2.05, 4.69) is 10.3 Å². The summed E-state index contributed by atoms with van der Waals surface area (Å²) in [5.41, 5.74) is 1.68. The Bertz CT molecular complexity index is 401. The molecule has 2 rings (SSSR count). The number of hydrogen-bond acceptors (Lipinski definition) is 2. The minimum Gasteiger partial charge on any atom is -0.351 e. The zero-order valence-electron chi connectivity index (χ0n) is 7.26. The normalized spacial score (nSPS) is 10.5. The molecule has 0 aliphatic carbocycles. The van der Waals surface area contributed by atoms with Gasteiger partial charge < -0.3 is 10.3 Å². The van der Waals surface area contributed by atoms with Crippen molar-refractivity contribution in [1.29, 1.82) is 0 Å². The predicted molar refractivity (Wildman–Crippen MR) is 54.2 cm³/mol. The van der Waals surface area contributed by atoms with E-state index in [1.165, 1.54) is 0 Å². The van der Waals surface area contributed by atoms with Crippen LogP contribution in [0.15, 0.2) is 17.5 Å². The van der Waals surface area contributed by atoms with Crippen molar-refractivity contribution in [3.63, 3.8) is 0 Å². The van der Waals surface area contributed by atoms with E-state index in [4.69, 9.17) is 0 Å². The Morgan fingerprint density at radius 3 is 3.23 bits per heavy atom. The maximum atomic E-state index is 11.4. The average molecular weight is 194 g/mol. The van der Waals surface area contributed by atoms with Crippen molar-refractivity contribution >= 4 is 27.5 Å². The molecule has 0 unspecified atom stereocenters. The van der Waals surface area contributed by atoms with E-state index in [0.29, 0.717) is 12.2 Å². The molecule has 13 heavy (non-hydrogen) atoms. The van der Waals surface area contributed by atoms with Crippen LogP contribution in [0.1, 0.15) is 17.4 Å². The van der Waals surface area contributed by atoms with Crippen LogP contribution in [-0.4, -0.2) is 17.4 Å². The fraction of sp³-hybridized carbons (Fsp3) is 0.222. The lowest BCUT2D eigenvalue weighted by atomic mass is 10.4. The SMILES string of the molecule is CCNC(=O)c1cc2sccc2[nH]1. The second kappa shape index (κ2) is 3.22. The van der Waals surface area contributed by atoms with E-state index in [1.54, 1.807) is 11.3 Å². The zero-order chi connectivity index (χ0) is 9.26. The molecule has 3 nitrogen and oxygen atoms in total. The van der Waals surface area contributed by atoms with Crippen LogP contribution in [0.2, 0.25) is 0 Å². The highest BCUT2D eigenvalue weighted by Crippen LogP contribution is 2.20. The number of aromatic nitrogens is 1. The van der Waals surface area contributed by atoms with E-state index in [9.17, 15) is 4.79 Å². The summed E-state index contributed by atoms with van der Waals surface area (Å²) in [7, 11) is 0. The van der Waals surface area contributed by atoms with E-state index >= 15 is 0 Å². The molecular weight excluding hydrogens is 184 g/mol. The quantitative estimate of drug-likeness (QED) is 0.754. The number of nitrogens with one attached hydrogen (secondary N) is 2. The minimum absolute atomic E-state index is 0.0362. The third kappa shape index (κ3) is 1.45. The molecule has 0 bridgehead atoms. The van der Waals surface area contributed by atoms with E-state index in [1.807, 2.05) is 24.4 Å². The first-order valence-electron chi connectivity index (χ1n) is 4.15. The fourth-order valence-electron chi connectivity index (χ4n) is 1.23. The lowest BCUT2D eigenvalue weighted by Crippen LogP contribution is -2.22. The Morgan fingerprint density at radius 1 is 1.69 bits per heavy atom. The van der Waals surface area contributed by atoms with Crippen molar-refractivity contribution in [2.45, 2.75) is 6.92 Å². The van der Waals surface area contributed by atoms with Crippen LogP contribution < -0.4 is 5.32 Å². The molecule has 0 fully saturated rings. The average Bonchev–Trinajstić information content (AvgIpc) is 2.61. The topological polar surface area (TPSA) is 44.9 Å². The Balaban J connectivity index is 2.34. The minimum atomic E-state index is -0.0362. The number of hydrogen-bond donors (Lipinski definition) is 2. The van der Waals surface area contributed by atoms with Gasteiger partial charge in [-0.1, -0.05) is 0 Å². The van der Waals surface area contributed by atoms with Crippen LogP contribution in [0.4, 0.5) is 0 Å². The van der Waals surface area contributed by atoms with E-state index in [-0.39, 0.29) is 5.91 Å². The molecular formula is C9H10N2OS. The van der Waals surface area contributed by atoms with Gasteiger partial charge in [0, 0.05) is 6.54 Å². The Kier molecular flexibility index (Phi) is 2.06. The van der Waals surface area contributed by atoms with Crippen LogP contribution >= 0.6 is 11.3 Å². The highest BCUT2D eigenvalue weighted by Gasteiger charge is 2.07. The fourth-order valence-corrected chi connectivity index (χ4v) is 2.01. The van der Waals surface area contributed by atoms with Crippen molar-refractivity contribution in [2.75, 3.05) is 6.54 Å². The number of thiophene rings is 1. The Morgan fingerprint density at radius 2 is 2.54 bits per heavy atom. The van der Waals surface area contributed by atoms with Crippen LogP contribution in [-0.2, 0) is 0 Å². The number of carbonyl (C=O) groups excluding carboxylic acids is 1. The van der Waals surface area contributed by atoms with Gasteiger partial charge in [-0.15, -0.1) is 11.3 Å². The summed E-state index contributed by atoms with van der Waals surface area (Å²) >= 11 is 1.63. The molecule has 2 heterocycles. The van der Waals surface area contributed by atoms with Gasteiger partial charge >= 0.3 is 0 Å². The maximum absolute atomic E-state index is 11.4. The largest absolute Gasteiger partial charge is 0.351 e. The third-order valence-electron chi connectivity index (χ3n) is 1.82. The van der Waals surface area contributed by atoms with Crippen LogP contribution in [0.25, 0.3) is 10.2 Å². The molecule has 0 atom stereocenters. The smallest absolute Gasteiger partial charge is 0.267 e. The second-order valence-electron chi connectivity index (χ2n) is 2.74. The third-order valence-corrected chi connectivity index (χ3v) is 2.69. The van der Waals surface area contributed by atoms with Gasteiger partial charge in [0.1, 0.15) is 5.69 Å². The molecule has 0 aliphatic rings. The van der Waals surface area contributed by atoms with Gasteiger partial charge in [-0.2, -0.15) is 0 Å². The van der Waals surface area contributed by atoms with Gasteiger partial charge in [-0.25, -0.2) is 0 Å². The summed E-state index contributed by atoms with van der Waals surface area (Å²) in [4.78, 5) is 14.4. The van der Waals surface area contributed by atoms with Crippen LogP contribution in [0.3, 0.4) is 0 Å². The van der Waals surface area contributed by atoms with Crippen molar-refractivity contribution < 1.29 is 4.79 Å². The first-order chi connectivity index (χ1) is 6.31. The molecule has 0 spiro atoms. The molecule has 0 radical (unpaired) electrons. The Hall–Kier alpha value is -1.29. The first-order valence-corrected chi connectivity index (χ1v) is 5.03. The van der Waals surface area contributed by atoms with Gasteiger partial charge in [-0.3, -0.25) is 4.79 Å². The molecule has 2 N–H and O–H groups in total. The number of carbonyl (C=O) groups is 1. The zero-order valence-corrected chi connectivity index (χ0v) is 8.07. The predicted octanol–water partition coefficient (Wildman–Crippen LogP) is 1.98. The lowest BCUT2D eigenvalue weighted by Gasteiger charge is -1.96. The molecule has 4 heteroatoms. The highest BCUT2D eigenvalue weighted by molar-refractivity contribution is 7.17. The van der Waals surface area contributed by atoms with Crippen LogP contribution in [0.5, 0.6) is 0 Å². The molecule has 68 valence electrons. The summed E-state index contributed by atoms with van der Waals surface area (Å²) < 4.78 is 1.13.